The molecule has 0 bridgehead atoms. The van der Waals surface area contributed by atoms with Gasteiger partial charge in [0.25, 0.3) is 0 Å². The summed E-state index contributed by atoms with van der Waals surface area (Å²) >= 11 is 8.67. The number of hydrogen-bond acceptors (Lipinski definition) is 6. The maximum Gasteiger partial charge on any atom is 0.239 e. The minimum absolute atomic E-state index is 0.125. The van der Waals surface area contributed by atoms with Crippen LogP contribution in [0.4, 0.5) is 10.8 Å². The van der Waals surface area contributed by atoms with Crippen molar-refractivity contribution in [3.63, 3.8) is 0 Å². The second-order valence-corrected chi connectivity index (χ2v) is 10.6. The Morgan fingerprint density at radius 1 is 1.06 bits per heavy atom. The molecule has 0 fully saturated rings. The standard InChI is InChI=1S/C27H24ClN3O3S2/c1-17(26(33)31-27-30-23(16-35-27)22-8-3-4-9-24(22)34-2)36-21-7-5-6-20(15-21)29-25(32)14-18-10-12-19(28)13-11-18/h3-13,15-17H,14H2,1-2H3,(H,29,32)(H,30,31,33). The number of benzene rings is 3. The molecule has 2 amide bonds. The molecule has 3 aromatic carbocycles. The van der Waals surface area contributed by atoms with E-state index in [-0.39, 0.29) is 23.5 Å². The van der Waals surface area contributed by atoms with Gasteiger partial charge in [0.05, 0.1) is 24.5 Å². The van der Waals surface area contributed by atoms with Crippen LogP contribution >= 0.6 is 34.7 Å². The Morgan fingerprint density at radius 3 is 2.61 bits per heavy atom. The van der Waals surface area contributed by atoms with Gasteiger partial charge in [-0.2, -0.15) is 0 Å². The number of hydrogen-bond donors (Lipinski definition) is 2. The van der Waals surface area contributed by atoms with Gasteiger partial charge in [-0.15, -0.1) is 23.1 Å². The highest BCUT2D eigenvalue weighted by Gasteiger charge is 2.17. The SMILES string of the molecule is COc1ccccc1-c1csc(NC(=O)C(C)Sc2cccc(NC(=O)Cc3ccc(Cl)cc3)c2)n1. The molecule has 0 radical (unpaired) electrons. The van der Waals surface area contributed by atoms with E-state index in [4.69, 9.17) is 16.3 Å². The quantitative estimate of drug-likeness (QED) is 0.230. The van der Waals surface area contributed by atoms with Gasteiger partial charge in [0, 0.05) is 26.5 Å². The van der Waals surface area contributed by atoms with Gasteiger partial charge < -0.3 is 15.4 Å². The Balaban J connectivity index is 1.34. The maximum absolute atomic E-state index is 12.8. The molecule has 0 saturated carbocycles. The van der Waals surface area contributed by atoms with Crippen molar-refractivity contribution in [3.8, 4) is 17.0 Å². The fraction of sp³-hybridized carbons (Fsp3) is 0.148. The normalized spacial score (nSPS) is 11.5. The minimum Gasteiger partial charge on any atom is -0.496 e. The molecule has 4 aromatic rings. The minimum atomic E-state index is -0.372. The third-order valence-corrected chi connectivity index (χ3v) is 7.30. The third kappa shape index (κ3) is 6.87. The van der Waals surface area contributed by atoms with Crippen molar-refractivity contribution in [2.75, 3.05) is 17.7 Å². The van der Waals surface area contributed by atoms with E-state index in [1.807, 2.05) is 73.0 Å². The Bertz CT molecular complexity index is 1360. The van der Waals surface area contributed by atoms with Gasteiger partial charge in [-0.3, -0.25) is 9.59 Å². The number of halogens is 1. The van der Waals surface area contributed by atoms with Gasteiger partial charge in [-0.05, 0) is 55.0 Å². The number of para-hydroxylation sites is 1. The van der Waals surface area contributed by atoms with Gasteiger partial charge in [0.1, 0.15) is 5.75 Å². The first-order chi connectivity index (χ1) is 17.4. The molecule has 1 unspecified atom stereocenters. The summed E-state index contributed by atoms with van der Waals surface area (Å²) < 4.78 is 5.41. The van der Waals surface area contributed by atoms with Crippen LogP contribution in [0, 0.1) is 0 Å². The number of thiazole rings is 1. The number of thioether (sulfide) groups is 1. The van der Waals surface area contributed by atoms with Crippen molar-refractivity contribution in [2.24, 2.45) is 0 Å². The predicted octanol–water partition coefficient (Wildman–Crippen LogP) is 6.77. The zero-order valence-corrected chi connectivity index (χ0v) is 22.0. The van der Waals surface area contributed by atoms with Gasteiger partial charge in [0.2, 0.25) is 11.8 Å². The van der Waals surface area contributed by atoms with E-state index >= 15 is 0 Å². The zero-order valence-electron chi connectivity index (χ0n) is 19.7. The molecule has 0 aliphatic rings. The highest BCUT2D eigenvalue weighted by molar-refractivity contribution is 8.00. The number of rotatable bonds is 9. The van der Waals surface area contributed by atoms with E-state index in [9.17, 15) is 9.59 Å². The molecule has 9 heteroatoms. The van der Waals surface area contributed by atoms with Crippen LogP contribution in [0.2, 0.25) is 5.02 Å². The van der Waals surface area contributed by atoms with Gasteiger partial charge in [0.15, 0.2) is 5.13 Å². The summed E-state index contributed by atoms with van der Waals surface area (Å²) in [6.45, 7) is 1.83. The number of ether oxygens (including phenoxy) is 1. The van der Waals surface area contributed by atoms with E-state index in [1.54, 1.807) is 19.2 Å². The number of carbonyl (C=O) groups is 2. The van der Waals surface area contributed by atoms with Gasteiger partial charge >= 0.3 is 0 Å². The first-order valence-corrected chi connectivity index (χ1v) is 13.3. The van der Waals surface area contributed by atoms with Crippen LogP contribution in [0.5, 0.6) is 5.75 Å². The molecule has 184 valence electrons. The molecule has 1 atom stereocenters. The molecule has 0 aliphatic heterocycles. The van der Waals surface area contributed by atoms with Crippen molar-refractivity contribution in [1.29, 1.82) is 0 Å². The Hall–Kier alpha value is -3.33. The van der Waals surface area contributed by atoms with E-state index in [0.717, 1.165) is 27.5 Å². The Morgan fingerprint density at radius 2 is 1.83 bits per heavy atom. The smallest absolute Gasteiger partial charge is 0.239 e. The zero-order chi connectivity index (χ0) is 25.5. The number of nitrogens with zero attached hydrogens (tertiary/aromatic N) is 1. The van der Waals surface area contributed by atoms with Crippen LogP contribution in [0.3, 0.4) is 0 Å². The van der Waals surface area contributed by atoms with E-state index in [2.05, 4.69) is 15.6 Å². The topological polar surface area (TPSA) is 80.3 Å². The summed E-state index contributed by atoms with van der Waals surface area (Å²) in [4.78, 5) is 30.7. The van der Waals surface area contributed by atoms with Crippen molar-refractivity contribution in [1.82, 2.24) is 4.98 Å². The average Bonchev–Trinajstić information content (AvgIpc) is 3.33. The van der Waals surface area contributed by atoms with Gasteiger partial charge in [-0.25, -0.2) is 4.98 Å². The molecule has 4 rings (SSSR count). The second kappa shape index (κ2) is 12.1. The lowest BCUT2D eigenvalue weighted by Gasteiger charge is -2.12. The number of nitrogens with one attached hydrogen (secondary N) is 2. The van der Waals surface area contributed by atoms with Gasteiger partial charge in [-0.1, -0.05) is 41.9 Å². The number of carbonyl (C=O) groups excluding carboxylic acids is 2. The van der Waals surface area contributed by atoms with Crippen LogP contribution in [0.15, 0.2) is 83.1 Å². The lowest BCUT2D eigenvalue weighted by atomic mass is 10.1. The second-order valence-electron chi connectivity index (χ2n) is 7.87. The molecule has 36 heavy (non-hydrogen) atoms. The number of aromatic nitrogens is 1. The number of anilines is 2. The molecule has 0 spiro atoms. The molecular formula is C27H24ClN3O3S2. The first-order valence-electron chi connectivity index (χ1n) is 11.1. The monoisotopic (exact) mass is 537 g/mol. The van der Waals surface area contributed by atoms with E-state index < -0.39 is 0 Å². The van der Waals surface area contributed by atoms with Crippen LogP contribution in [-0.2, 0) is 16.0 Å². The number of methoxy groups -OCH3 is 1. The van der Waals surface area contributed by atoms with Crippen LogP contribution in [-0.4, -0.2) is 29.2 Å². The Labute approximate surface area is 223 Å². The molecule has 1 heterocycles. The van der Waals surface area contributed by atoms with Crippen molar-refractivity contribution in [2.45, 2.75) is 23.5 Å². The lowest BCUT2D eigenvalue weighted by molar-refractivity contribution is -0.116. The summed E-state index contributed by atoms with van der Waals surface area (Å²) in [5.41, 5.74) is 3.17. The van der Waals surface area contributed by atoms with Crippen molar-refractivity contribution >= 4 is 57.3 Å². The summed E-state index contributed by atoms with van der Waals surface area (Å²) in [6, 6.07) is 22.3. The first kappa shape index (κ1) is 25.8. The fourth-order valence-corrected chi connectivity index (χ4v) is 5.18. The van der Waals surface area contributed by atoms with Crippen LogP contribution in [0.25, 0.3) is 11.3 Å². The van der Waals surface area contributed by atoms with E-state index in [0.29, 0.717) is 15.8 Å². The largest absolute Gasteiger partial charge is 0.496 e. The van der Waals surface area contributed by atoms with E-state index in [1.165, 1.54) is 23.1 Å². The van der Waals surface area contributed by atoms with Crippen molar-refractivity contribution < 1.29 is 14.3 Å². The summed E-state index contributed by atoms with van der Waals surface area (Å²) in [5, 5.41) is 8.48. The van der Waals surface area contributed by atoms with Crippen LogP contribution in [0.1, 0.15) is 12.5 Å². The summed E-state index contributed by atoms with van der Waals surface area (Å²) in [6.07, 6.45) is 0.248. The highest BCUT2D eigenvalue weighted by atomic mass is 35.5. The maximum atomic E-state index is 12.8. The summed E-state index contributed by atoms with van der Waals surface area (Å²) in [7, 11) is 1.62. The third-order valence-electron chi connectivity index (χ3n) is 5.20. The fourth-order valence-electron chi connectivity index (χ4n) is 3.42. The lowest BCUT2D eigenvalue weighted by Crippen LogP contribution is -2.22. The molecule has 6 nitrogen and oxygen atoms in total. The predicted molar refractivity (Wildman–Crippen MR) is 148 cm³/mol. The molecule has 1 aromatic heterocycles. The Kier molecular flexibility index (Phi) is 8.64. The summed E-state index contributed by atoms with van der Waals surface area (Å²) in [5.74, 6) is 0.447. The molecule has 0 aliphatic carbocycles. The van der Waals surface area contributed by atoms with Crippen LogP contribution < -0.4 is 15.4 Å². The highest BCUT2D eigenvalue weighted by Crippen LogP contribution is 2.32. The van der Waals surface area contributed by atoms with Crippen molar-refractivity contribution in [3.05, 3.63) is 88.8 Å². The number of amides is 2. The average molecular weight is 538 g/mol. The molecular weight excluding hydrogens is 514 g/mol. The molecule has 0 saturated heterocycles. The molecule has 2 N–H and O–H groups in total.